The Kier molecular flexibility index (Phi) is 7.56. The lowest BCUT2D eigenvalue weighted by molar-refractivity contribution is -0.139. The van der Waals surface area contributed by atoms with E-state index in [2.05, 4.69) is 10.6 Å². The number of aliphatic hydroxyl groups excluding tert-OH is 1. The van der Waals surface area contributed by atoms with Crippen molar-refractivity contribution in [2.24, 2.45) is 11.8 Å². The number of fused-ring (bicyclic) bond motifs is 1. The SMILES string of the molecule is CCCNC(=O)[C@@H]1[C@H]2C(=O)N(CCCCCO)C(C(=O)Nc3ccc(Cl)cc3)C23CC[C@H]1S3. The first-order valence-electron chi connectivity index (χ1n) is 11.9. The first kappa shape index (κ1) is 24.4. The van der Waals surface area contributed by atoms with Crippen LogP contribution < -0.4 is 10.6 Å². The Labute approximate surface area is 204 Å². The molecule has 1 spiro atoms. The smallest absolute Gasteiger partial charge is 0.248 e. The van der Waals surface area contributed by atoms with Gasteiger partial charge in [-0.25, -0.2) is 0 Å². The third-order valence-electron chi connectivity index (χ3n) is 7.07. The fraction of sp³-hybridized carbons (Fsp3) is 0.625. The molecule has 0 aliphatic carbocycles. The molecule has 0 radical (unpaired) electrons. The van der Waals surface area contributed by atoms with Gasteiger partial charge in [-0.05, 0) is 62.8 Å². The van der Waals surface area contributed by atoms with Crippen LogP contribution in [0.2, 0.25) is 5.02 Å². The van der Waals surface area contributed by atoms with E-state index < -0.39 is 22.6 Å². The molecule has 1 aromatic rings. The molecule has 2 unspecified atom stereocenters. The highest BCUT2D eigenvalue weighted by Gasteiger charge is 2.73. The van der Waals surface area contributed by atoms with Gasteiger partial charge in [-0.15, -0.1) is 11.8 Å². The van der Waals surface area contributed by atoms with Crippen LogP contribution in [0.15, 0.2) is 24.3 Å². The number of carbonyl (C=O) groups excluding carboxylic acids is 3. The molecular formula is C24H32ClN3O4S. The summed E-state index contributed by atoms with van der Waals surface area (Å²) in [6.45, 7) is 3.15. The van der Waals surface area contributed by atoms with Crippen LogP contribution in [0.5, 0.6) is 0 Å². The van der Waals surface area contributed by atoms with Crippen molar-refractivity contribution in [3.8, 4) is 0 Å². The third kappa shape index (κ3) is 4.49. The van der Waals surface area contributed by atoms with E-state index in [1.807, 2.05) is 6.92 Å². The summed E-state index contributed by atoms with van der Waals surface area (Å²) >= 11 is 7.66. The first-order chi connectivity index (χ1) is 15.9. The molecule has 3 heterocycles. The molecule has 4 rings (SSSR count). The van der Waals surface area contributed by atoms with Gasteiger partial charge in [0.05, 0.1) is 16.6 Å². The van der Waals surface area contributed by atoms with Gasteiger partial charge < -0.3 is 20.6 Å². The molecule has 2 bridgehead atoms. The van der Waals surface area contributed by atoms with Crippen LogP contribution in [0.25, 0.3) is 0 Å². The Morgan fingerprint density at radius 1 is 1.21 bits per heavy atom. The molecule has 3 saturated heterocycles. The molecule has 180 valence electrons. The van der Waals surface area contributed by atoms with Gasteiger partial charge in [0.15, 0.2) is 0 Å². The van der Waals surface area contributed by atoms with Crippen molar-refractivity contribution in [1.82, 2.24) is 10.2 Å². The second-order valence-corrected chi connectivity index (χ2v) is 11.2. The summed E-state index contributed by atoms with van der Waals surface area (Å²) in [5, 5.41) is 15.7. The maximum absolute atomic E-state index is 13.7. The number of hydrogen-bond donors (Lipinski definition) is 3. The van der Waals surface area contributed by atoms with E-state index >= 15 is 0 Å². The number of nitrogens with zero attached hydrogens (tertiary/aromatic N) is 1. The minimum Gasteiger partial charge on any atom is -0.396 e. The number of carbonyl (C=O) groups is 3. The second-order valence-electron chi connectivity index (χ2n) is 9.16. The number of aliphatic hydroxyl groups is 1. The average Bonchev–Trinajstić information content (AvgIpc) is 3.44. The number of anilines is 1. The van der Waals surface area contributed by atoms with Gasteiger partial charge in [0.2, 0.25) is 17.7 Å². The number of hydrogen-bond acceptors (Lipinski definition) is 5. The van der Waals surface area contributed by atoms with Gasteiger partial charge in [0.25, 0.3) is 0 Å². The molecular weight excluding hydrogens is 462 g/mol. The molecule has 33 heavy (non-hydrogen) atoms. The topological polar surface area (TPSA) is 98.7 Å². The fourth-order valence-electron chi connectivity index (χ4n) is 5.67. The van der Waals surface area contributed by atoms with Crippen LogP contribution in [0.4, 0.5) is 5.69 Å². The van der Waals surface area contributed by atoms with E-state index in [1.54, 1.807) is 40.9 Å². The van der Waals surface area contributed by atoms with E-state index in [0.717, 1.165) is 25.7 Å². The van der Waals surface area contributed by atoms with E-state index in [-0.39, 0.29) is 29.6 Å². The number of benzene rings is 1. The van der Waals surface area contributed by atoms with Crippen molar-refractivity contribution >= 4 is 46.8 Å². The largest absolute Gasteiger partial charge is 0.396 e. The molecule has 3 amide bonds. The first-order valence-corrected chi connectivity index (χ1v) is 13.1. The molecule has 0 saturated carbocycles. The summed E-state index contributed by atoms with van der Waals surface area (Å²) in [7, 11) is 0. The second kappa shape index (κ2) is 10.2. The zero-order chi connectivity index (χ0) is 23.6. The summed E-state index contributed by atoms with van der Waals surface area (Å²) < 4.78 is -0.580. The van der Waals surface area contributed by atoms with Crippen molar-refractivity contribution in [3.05, 3.63) is 29.3 Å². The highest BCUT2D eigenvalue weighted by molar-refractivity contribution is 8.02. The number of unbranched alkanes of at least 4 members (excludes halogenated alkanes) is 2. The van der Waals surface area contributed by atoms with Gasteiger partial charge in [-0.3, -0.25) is 14.4 Å². The quantitative estimate of drug-likeness (QED) is 0.435. The highest BCUT2D eigenvalue weighted by Crippen LogP contribution is 2.66. The molecule has 3 N–H and O–H groups in total. The van der Waals surface area contributed by atoms with Crippen LogP contribution >= 0.6 is 23.4 Å². The van der Waals surface area contributed by atoms with Crippen molar-refractivity contribution in [1.29, 1.82) is 0 Å². The highest BCUT2D eigenvalue weighted by atomic mass is 35.5. The predicted molar refractivity (Wildman–Crippen MR) is 130 cm³/mol. The minimum atomic E-state index is -0.626. The van der Waals surface area contributed by atoms with Crippen molar-refractivity contribution in [2.45, 2.75) is 61.5 Å². The lowest BCUT2D eigenvalue weighted by Crippen LogP contribution is -2.51. The number of nitrogens with one attached hydrogen (secondary N) is 2. The summed E-state index contributed by atoms with van der Waals surface area (Å²) in [4.78, 5) is 42.1. The van der Waals surface area contributed by atoms with Crippen molar-refractivity contribution < 1.29 is 19.5 Å². The number of rotatable bonds is 10. The van der Waals surface area contributed by atoms with Crippen LogP contribution in [-0.2, 0) is 14.4 Å². The molecule has 7 nitrogen and oxygen atoms in total. The Hall–Kier alpha value is -1.77. The number of amides is 3. The summed E-state index contributed by atoms with van der Waals surface area (Å²) in [5.74, 6) is -1.22. The van der Waals surface area contributed by atoms with Crippen LogP contribution in [0.1, 0.15) is 45.4 Å². The average molecular weight is 494 g/mol. The van der Waals surface area contributed by atoms with Gasteiger partial charge >= 0.3 is 0 Å². The van der Waals surface area contributed by atoms with Gasteiger partial charge in [0.1, 0.15) is 6.04 Å². The zero-order valence-electron chi connectivity index (χ0n) is 18.9. The standard InChI is InChI=1S/C24H32ClN3O4S/c1-2-12-26-21(30)18-17-10-11-24(33-17)19(18)23(32)28(13-4-3-5-14-29)20(24)22(31)27-16-8-6-15(25)7-9-16/h6-9,17-20,29H,2-5,10-14H2,1H3,(H,26,30)(H,27,31)/t17-,18+,19+,20?,24?/m1/s1. The van der Waals surface area contributed by atoms with Gasteiger partial charge in [0, 0.05) is 35.7 Å². The number of likely N-dealkylation sites (tertiary alicyclic amines) is 1. The van der Waals surface area contributed by atoms with E-state index in [4.69, 9.17) is 16.7 Å². The summed E-state index contributed by atoms with van der Waals surface area (Å²) in [5.41, 5.74) is 0.631. The molecule has 1 aromatic carbocycles. The van der Waals surface area contributed by atoms with Crippen LogP contribution in [-0.4, -0.2) is 63.5 Å². The molecule has 3 fully saturated rings. The maximum Gasteiger partial charge on any atom is 0.248 e. The Bertz CT molecular complexity index is 898. The van der Waals surface area contributed by atoms with Crippen LogP contribution in [0, 0.1) is 11.8 Å². The fourth-order valence-corrected chi connectivity index (χ4v) is 8.02. The van der Waals surface area contributed by atoms with E-state index in [9.17, 15) is 14.4 Å². The molecule has 5 atom stereocenters. The van der Waals surface area contributed by atoms with Crippen molar-refractivity contribution in [3.63, 3.8) is 0 Å². The van der Waals surface area contributed by atoms with Crippen LogP contribution in [0.3, 0.4) is 0 Å². The zero-order valence-corrected chi connectivity index (χ0v) is 20.5. The van der Waals surface area contributed by atoms with E-state index in [1.165, 1.54) is 0 Å². The molecule has 3 aliphatic rings. The number of thioether (sulfide) groups is 1. The van der Waals surface area contributed by atoms with Gasteiger partial charge in [-0.2, -0.15) is 0 Å². The third-order valence-corrected chi connectivity index (χ3v) is 9.27. The van der Waals surface area contributed by atoms with Gasteiger partial charge in [-0.1, -0.05) is 18.5 Å². The Balaban J connectivity index is 1.61. The lowest BCUT2D eigenvalue weighted by atomic mass is 9.70. The molecule has 3 aliphatic heterocycles. The summed E-state index contributed by atoms with van der Waals surface area (Å²) in [6.07, 6.45) is 4.57. The number of halogens is 1. The Morgan fingerprint density at radius 3 is 2.67 bits per heavy atom. The normalized spacial score (nSPS) is 29.9. The molecule has 0 aromatic heterocycles. The maximum atomic E-state index is 13.7. The predicted octanol–water partition coefficient (Wildman–Crippen LogP) is 3.06. The Morgan fingerprint density at radius 2 is 1.97 bits per heavy atom. The summed E-state index contributed by atoms with van der Waals surface area (Å²) in [6, 6.07) is 6.30. The lowest BCUT2D eigenvalue weighted by Gasteiger charge is -2.34. The molecule has 9 heteroatoms. The monoisotopic (exact) mass is 493 g/mol. The minimum absolute atomic E-state index is 0.0618. The van der Waals surface area contributed by atoms with E-state index in [0.29, 0.717) is 36.6 Å². The van der Waals surface area contributed by atoms with Crippen molar-refractivity contribution in [2.75, 3.05) is 25.0 Å².